The van der Waals surface area contributed by atoms with E-state index in [0.717, 1.165) is 5.56 Å². The van der Waals surface area contributed by atoms with Crippen molar-refractivity contribution in [2.24, 2.45) is 0 Å². The predicted octanol–water partition coefficient (Wildman–Crippen LogP) is 0.721. The third-order valence-corrected chi connectivity index (χ3v) is 3.16. The molecule has 1 saturated heterocycles. The quantitative estimate of drug-likeness (QED) is 0.870. The first-order valence-corrected chi connectivity index (χ1v) is 6.28. The minimum Gasteiger partial charge on any atom is -0.484 e. The number of hydrogen-bond acceptors (Lipinski definition) is 3. The van der Waals surface area contributed by atoms with Crippen molar-refractivity contribution in [2.75, 3.05) is 20.2 Å². The number of carbonyl (C=O) groups is 2. The number of amides is 2. The van der Waals surface area contributed by atoms with Gasteiger partial charge in [-0.3, -0.25) is 9.59 Å². The molecule has 1 aromatic carbocycles. The number of benzene rings is 1. The zero-order valence-corrected chi connectivity index (χ0v) is 11.2. The maximum Gasteiger partial charge on any atom is 0.258 e. The Morgan fingerprint density at radius 1 is 1.47 bits per heavy atom. The van der Waals surface area contributed by atoms with Gasteiger partial charge >= 0.3 is 0 Å². The van der Waals surface area contributed by atoms with E-state index in [2.05, 4.69) is 5.32 Å². The number of likely N-dealkylation sites (tertiary alicyclic amines) is 1. The van der Waals surface area contributed by atoms with Crippen molar-refractivity contribution in [3.8, 4) is 5.75 Å². The molecule has 5 nitrogen and oxygen atoms in total. The number of carbonyl (C=O) groups excluding carboxylic acids is 2. The highest BCUT2D eigenvalue weighted by atomic mass is 16.5. The molecule has 1 aromatic rings. The summed E-state index contributed by atoms with van der Waals surface area (Å²) < 4.78 is 5.45. The van der Waals surface area contributed by atoms with Crippen LogP contribution in [0, 0.1) is 6.92 Å². The zero-order valence-electron chi connectivity index (χ0n) is 11.2. The first-order chi connectivity index (χ1) is 9.06. The van der Waals surface area contributed by atoms with Crippen molar-refractivity contribution >= 4 is 11.8 Å². The number of nitrogens with one attached hydrogen (secondary N) is 1. The highest BCUT2D eigenvalue weighted by Crippen LogP contribution is 2.16. The molecular formula is C14H18N2O3. The molecule has 1 N–H and O–H groups in total. The second-order valence-corrected chi connectivity index (χ2v) is 4.80. The average molecular weight is 262 g/mol. The van der Waals surface area contributed by atoms with Crippen molar-refractivity contribution in [3.05, 3.63) is 29.8 Å². The van der Waals surface area contributed by atoms with Gasteiger partial charge in [0.1, 0.15) is 5.75 Å². The van der Waals surface area contributed by atoms with Crippen LogP contribution in [0.1, 0.15) is 12.0 Å². The van der Waals surface area contributed by atoms with Gasteiger partial charge in [-0.1, -0.05) is 18.2 Å². The lowest BCUT2D eigenvalue weighted by Crippen LogP contribution is -2.39. The fourth-order valence-corrected chi connectivity index (χ4v) is 2.09. The standard InChI is InChI=1S/C14H18N2O3/c1-10-5-3-4-6-12(10)19-9-13(17)15-11-7-14(18)16(2)8-11/h3-6,11H,7-9H2,1-2H3,(H,15,17). The molecule has 0 spiro atoms. The zero-order chi connectivity index (χ0) is 13.8. The molecule has 19 heavy (non-hydrogen) atoms. The van der Waals surface area contributed by atoms with Gasteiger partial charge in [0.25, 0.3) is 5.91 Å². The summed E-state index contributed by atoms with van der Waals surface area (Å²) in [5.74, 6) is 0.568. The minimum atomic E-state index is -0.198. The number of hydrogen-bond donors (Lipinski definition) is 1. The Balaban J connectivity index is 1.79. The Morgan fingerprint density at radius 2 is 2.21 bits per heavy atom. The predicted molar refractivity (Wildman–Crippen MR) is 70.9 cm³/mol. The van der Waals surface area contributed by atoms with Crippen LogP contribution < -0.4 is 10.1 Å². The van der Waals surface area contributed by atoms with Gasteiger partial charge in [0, 0.05) is 20.0 Å². The van der Waals surface area contributed by atoms with E-state index in [9.17, 15) is 9.59 Å². The van der Waals surface area contributed by atoms with E-state index in [1.165, 1.54) is 0 Å². The molecule has 0 bridgehead atoms. The van der Waals surface area contributed by atoms with Crippen LogP contribution >= 0.6 is 0 Å². The monoisotopic (exact) mass is 262 g/mol. The van der Waals surface area contributed by atoms with Crippen LogP contribution in [0.25, 0.3) is 0 Å². The van der Waals surface area contributed by atoms with E-state index in [-0.39, 0.29) is 24.5 Å². The summed E-state index contributed by atoms with van der Waals surface area (Å²) in [6, 6.07) is 7.44. The van der Waals surface area contributed by atoms with Crippen LogP contribution in [0.15, 0.2) is 24.3 Å². The number of nitrogens with zero attached hydrogens (tertiary/aromatic N) is 1. The second-order valence-electron chi connectivity index (χ2n) is 4.80. The van der Waals surface area contributed by atoms with Crippen molar-refractivity contribution in [1.29, 1.82) is 0 Å². The number of aryl methyl sites for hydroxylation is 1. The highest BCUT2D eigenvalue weighted by Gasteiger charge is 2.27. The number of likely N-dealkylation sites (N-methyl/N-ethyl adjacent to an activating group) is 1. The van der Waals surface area contributed by atoms with Crippen LogP contribution in [0.2, 0.25) is 0 Å². The van der Waals surface area contributed by atoms with Gasteiger partial charge in [0.2, 0.25) is 5.91 Å². The Kier molecular flexibility index (Phi) is 4.04. The molecule has 1 unspecified atom stereocenters. The molecule has 0 aliphatic carbocycles. The lowest BCUT2D eigenvalue weighted by atomic mass is 10.2. The van der Waals surface area contributed by atoms with Gasteiger partial charge < -0.3 is 15.0 Å². The molecule has 1 fully saturated rings. The molecule has 5 heteroatoms. The topological polar surface area (TPSA) is 58.6 Å². The molecule has 1 aliphatic rings. The van der Waals surface area contributed by atoms with E-state index >= 15 is 0 Å². The van der Waals surface area contributed by atoms with E-state index in [1.54, 1.807) is 11.9 Å². The normalized spacial score (nSPS) is 18.5. The summed E-state index contributed by atoms with van der Waals surface area (Å²) in [7, 11) is 1.73. The number of para-hydroxylation sites is 1. The van der Waals surface area contributed by atoms with E-state index < -0.39 is 0 Å². The Labute approximate surface area is 112 Å². The molecule has 102 valence electrons. The molecule has 0 saturated carbocycles. The lowest BCUT2D eigenvalue weighted by Gasteiger charge is -2.13. The van der Waals surface area contributed by atoms with Crippen molar-refractivity contribution in [3.63, 3.8) is 0 Å². The summed E-state index contributed by atoms with van der Waals surface area (Å²) in [5.41, 5.74) is 0.992. The van der Waals surface area contributed by atoms with Crippen LogP contribution in [0.5, 0.6) is 5.75 Å². The molecule has 2 amide bonds. The highest BCUT2D eigenvalue weighted by molar-refractivity contribution is 5.82. The van der Waals surface area contributed by atoms with Crippen molar-refractivity contribution in [1.82, 2.24) is 10.2 Å². The second kappa shape index (κ2) is 5.73. The van der Waals surface area contributed by atoms with Gasteiger partial charge in [-0.25, -0.2) is 0 Å². The Bertz CT molecular complexity index is 487. The first-order valence-electron chi connectivity index (χ1n) is 6.28. The molecule has 1 aliphatic heterocycles. The number of ether oxygens (including phenoxy) is 1. The van der Waals surface area contributed by atoms with Crippen LogP contribution in [-0.4, -0.2) is 43.0 Å². The van der Waals surface area contributed by atoms with Gasteiger partial charge in [-0.05, 0) is 18.6 Å². The summed E-state index contributed by atoms with van der Waals surface area (Å²) in [5, 5.41) is 2.80. The minimum absolute atomic E-state index is 0.0285. The Hall–Kier alpha value is -2.04. The fraction of sp³-hybridized carbons (Fsp3) is 0.429. The largest absolute Gasteiger partial charge is 0.484 e. The Morgan fingerprint density at radius 3 is 2.84 bits per heavy atom. The third kappa shape index (κ3) is 3.47. The first kappa shape index (κ1) is 13.4. The van der Waals surface area contributed by atoms with Gasteiger partial charge in [-0.2, -0.15) is 0 Å². The lowest BCUT2D eigenvalue weighted by molar-refractivity contribution is -0.126. The third-order valence-electron chi connectivity index (χ3n) is 3.16. The maximum atomic E-state index is 11.7. The van der Waals surface area contributed by atoms with Gasteiger partial charge in [0.15, 0.2) is 6.61 Å². The smallest absolute Gasteiger partial charge is 0.258 e. The van der Waals surface area contributed by atoms with Crippen molar-refractivity contribution in [2.45, 2.75) is 19.4 Å². The van der Waals surface area contributed by atoms with Crippen molar-refractivity contribution < 1.29 is 14.3 Å². The van der Waals surface area contributed by atoms with E-state index in [0.29, 0.717) is 18.7 Å². The van der Waals surface area contributed by atoms with Crippen LogP contribution in [0.3, 0.4) is 0 Å². The molecular weight excluding hydrogens is 244 g/mol. The van der Waals surface area contributed by atoms with E-state index in [4.69, 9.17) is 4.74 Å². The molecule has 0 radical (unpaired) electrons. The SMILES string of the molecule is Cc1ccccc1OCC(=O)NC1CC(=O)N(C)C1. The fourth-order valence-electron chi connectivity index (χ4n) is 2.09. The summed E-state index contributed by atoms with van der Waals surface area (Å²) in [6.07, 6.45) is 0.368. The molecule has 1 atom stereocenters. The van der Waals surface area contributed by atoms with Crippen LogP contribution in [0.4, 0.5) is 0 Å². The summed E-state index contributed by atoms with van der Waals surface area (Å²) in [6.45, 7) is 2.46. The average Bonchev–Trinajstić information content (AvgIpc) is 2.67. The summed E-state index contributed by atoms with van der Waals surface area (Å²) >= 11 is 0. The van der Waals surface area contributed by atoms with E-state index in [1.807, 2.05) is 31.2 Å². The van der Waals surface area contributed by atoms with Gasteiger partial charge in [-0.15, -0.1) is 0 Å². The molecule has 1 heterocycles. The maximum absolute atomic E-state index is 11.7. The van der Waals surface area contributed by atoms with Crippen LogP contribution in [-0.2, 0) is 9.59 Å². The summed E-state index contributed by atoms with van der Waals surface area (Å²) in [4.78, 5) is 24.7. The molecule has 2 rings (SSSR count). The van der Waals surface area contributed by atoms with Gasteiger partial charge in [0.05, 0.1) is 6.04 Å². The number of rotatable bonds is 4. The molecule has 0 aromatic heterocycles.